The van der Waals surface area contributed by atoms with E-state index in [1.54, 1.807) is 18.3 Å². The predicted molar refractivity (Wildman–Crippen MR) is 61.1 cm³/mol. The second kappa shape index (κ2) is 3.91. The summed E-state index contributed by atoms with van der Waals surface area (Å²) in [4.78, 5) is 4.23. The van der Waals surface area contributed by atoms with Gasteiger partial charge in [-0.15, -0.1) is 0 Å². The Bertz CT molecular complexity index is 479. The van der Waals surface area contributed by atoms with E-state index >= 15 is 0 Å². The van der Waals surface area contributed by atoms with E-state index in [9.17, 15) is 0 Å². The third kappa shape index (κ3) is 2.10. The van der Waals surface area contributed by atoms with Gasteiger partial charge in [-0.2, -0.15) is 0 Å². The summed E-state index contributed by atoms with van der Waals surface area (Å²) in [5, 5.41) is 9.83. The Morgan fingerprint density at radius 1 is 1.20 bits per heavy atom. The van der Waals surface area contributed by atoms with Crippen LogP contribution in [0.5, 0.6) is 5.75 Å². The third-order valence-electron chi connectivity index (χ3n) is 2.21. The number of benzene rings is 1. The maximum absolute atomic E-state index is 9.16. The van der Waals surface area contributed by atoms with Crippen LogP contribution in [0.1, 0.15) is 5.56 Å². The molecule has 2 aromatic rings. The normalized spacial score (nSPS) is 10.3. The van der Waals surface area contributed by atoms with Crippen molar-refractivity contribution in [2.75, 3.05) is 0 Å². The van der Waals surface area contributed by atoms with Gasteiger partial charge < -0.3 is 5.11 Å². The molecule has 0 unspecified atom stereocenters. The first kappa shape index (κ1) is 9.99. The van der Waals surface area contributed by atoms with Crippen molar-refractivity contribution in [2.24, 2.45) is 0 Å². The first-order valence-electron chi connectivity index (χ1n) is 4.58. The molecule has 2 rings (SSSR count). The van der Waals surface area contributed by atoms with E-state index in [-0.39, 0.29) is 5.75 Å². The Hall–Kier alpha value is -1.54. The molecule has 1 aromatic heterocycles. The lowest BCUT2D eigenvalue weighted by molar-refractivity contribution is 0.475. The summed E-state index contributed by atoms with van der Waals surface area (Å²) in [5.41, 5.74) is 2.82. The lowest BCUT2D eigenvalue weighted by atomic mass is 10.1. The van der Waals surface area contributed by atoms with Crippen LogP contribution >= 0.6 is 11.6 Å². The van der Waals surface area contributed by atoms with Gasteiger partial charge in [-0.05, 0) is 42.8 Å². The number of aromatic nitrogens is 1. The molecule has 0 radical (unpaired) electrons. The third-order valence-corrected chi connectivity index (χ3v) is 2.61. The molecule has 0 atom stereocenters. The molecule has 2 nitrogen and oxygen atoms in total. The van der Waals surface area contributed by atoms with Gasteiger partial charge in [0.1, 0.15) is 5.75 Å². The second-order valence-electron chi connectivity index (χ2n) is 3.37. The summed E-state index contributed by atoms with van der Waals surface area (Å²) in [6.45, 7) is 1.94. The summed E-state index contributed by atoms with van der Waals surface area (Å²) < 4.78 is 0. The number of nitrogens with zero attached hydrogens (tertiary/aromatic N) is 1. The fourth-order valence-corrected chi connectivity index (χ4v) is 1.43. The summed E-state index contributed by atoms with van der Waals surface area (Å²) in [7, 11) is 0. The minimum Gasteiger partial charge on any atom is -0.508 e. The van der Waals surface area contributed by atoms with Gasteiger partial charge in [0, 0.05) is 11.8 Å². The van der Waals surface area contributed by atoms with Crippen LogP contribution in [-0.2, 0) is 0 Å². The van der Waals surface area contributed by atoms with Crippen molar-refractivity contribution in [1.29, 1.82) is 0 Å². The molecule has 3 heteroatoms. The number of aromatic hydroxyl groups is 1. The maximum atomic E-state index is 9.16. The number of aryl methyl sites for hydroxylation is 1. The Labute approximate surface area is 93.2 Å². The lowest BCUT2D eigenvalue weighted by Gasteiger charge is -2.03. The number of phenols is 1. The molecule has 1 N–H and O–H groups in total. The molecular weight excluding hydrogens is 210 g/mol. The van der Waals surface area contributed by atoms with Crippen LogP contribution in [0.15, 0.2) is 36.5 Å². The second-order valence-corrected chi connectivity index (χ2v) is 3.77. The highest BCUT2D eigenvalue weighted by molar-refractivity contribution is 6.31. The molecule has 0 saturated heterocycles. The molecule has 0 amide bonds. The summed E-state index contributed by atoms with van der Waals surface area (Å²) in [5.74, 6) is 0.254. The van der Waals surface area contributed by atoms with Gasteiger partial charge in [0.25, 0.3) is 0 Å². The first-order chi connectivity index (χ1) is 7.16. The van der Waals surface area contributed by atoms with Crippen molar-refractivity contribution in [3.8, 4) is 17.0 Å². The lowest BCUT2D eigenvalue weighted by Crippen LogP contribution is -1.85. The van der Waals surface area contributed by atoms with E-state index < -0.39 is 0 Å². The first-order valence-corrected chi connectivity index (χ1v) is 4.96. The van der Waals surface area contributed by atoms with Gasteiger partial charge in [-0.1, -0.05) is 11.6 Å². The highest BCUT2D eigenvalue weighted by atomic mass is 35.5. The van der Waals surface area contributed by atoms with Gasteiger partial charge in [0.05, 0.1) is 10.7 Å². The molecule has 0 aliphatic rings. The fourth-order valence-electron chi connectivity index (χ4n) is 1.33. The molecule has 1 heterocycles. The van der Waals surface area contributed by atoms with E-state index in [4.69, 9.17) is 16.7 Å². The van der Waals surface area contributed by atoms with Crippen LogP contribution in [-0.4, -0.2) is 10.1 Å². The van der Waals surface area contributed by atoms with Crippen molar-refractivity contribution in [1.82, 2.24) is 4.98 Å². The average molecular weight is 220 g/mol. The Balaban J connectivity index is 2.45. The quantitative estimate of drug-likeness (QED) is 0.797. The summed E-state index contributed by atoms with van der Waals surface area (Å²) in [6, 6.07) is 8.85. The van der Waals surface area contributed by atoms with Crippen LogP contribution in [0.2, 0.25) is 5.02 Å². The number of hydrogen-bond acceptors (Lipinski definition) is 2. The van der Waals surface area contributed by atoms with E-state index in [1.165, 1.54) is 0 Å². The van der Waals surface area contributed by atoms with Crippen molar-refractivity contribution in [3.05, 3.63) is 47.1 Å². The van der Waals surface area contributed by atoms with E-state index in [0.29, 0.717) is 5.02 Å². The molecule has 1 aromatic carbocycles. The predicted octanol–water partition coefficient (Wildman–Crippen LogP) is 3.42. The van der Waals surface area contributed by atoms with Gasteiger partial charge in [-0.25, -0.2) is 0 Å². The number of hydrogen-bond donors (Lipinski definition) is 1. The number of rotatable bonds is 1. The van der Waals surface area contributed by atoms with Gasteiger partial charge in [0.2, 0.25) is 0 Å². The molecule has 0 spiro atoms. The molecule has 0 aliphatic carbocycles. The average Bonchev–Trinajstić information content (AvgIpc) is 2.23. The van der Waals surface area contributed by atoms with Crippen molar-refractivity contribution >= 4 is 11.6 Å². The van der Waals surface area contributed by atoms with E-state index in [1.807, 2.05) is 25.1 Å². The van der Waals surface area contributed by atoms with Crippen LogP contribution in [0.3, 0.4) is 0 Å². The zero-order valence-corrected chi connectivity index (χ0v) is 8.99. The molecule has 76 valence electrons. The maximum Gasteiger partial charge on any atom is 0.115 e. The summed E-state index contributed by atoms with van der Waals surface area (Å²) >= 11 is 5.89. The number of pyridine rings is 1. The van der Waals surface area contributed by atoms with Crippen molar-refractivity contribution < 1.29 is 5.11 Å². The van der Waals surface area contributed by atoms with Crippen LogP contribution < -0.4 is 0 Å². The van der Waals surface area contributed by atoms with E-state index in [2.05, 4.69) is 4.98 Å². The molecule has 0 saturated carbocycles. The van der Waals surface area contributed by atoms with Crippen LogP contribution in [0.25, 0.3) is 11.3 Å². The molecular formula is C12H10ClNO. The smallest absolute Gasteiger partial charge is 0.115 e. The standard InChI is InChI=1S/C12H10ClNO/c1-8-6-12(14-7-11(8)13)9-2-4-10(15)5-3-9/h2-7,15H,1H3. The number of halogens is 1. The Morgan fingerprint density at radius 2 is 1.87 bits per heavy atom. The Morgan fingerprint density at radius 3 is 2.47 bits per heavy atom. The van der Waals surface area contributed by atoms with Crippen molar-refractivity contribution in [2.45, 2.75) is 6.92 Å². The van der Waals surface area contributed by atoms with Crippen molar-refractivity contribution in [3.63, 3.8) is 0 Å². The van der Waals surface area contributed by atoms with Crippen LogP contribution in [0.4, 0.5) is 0 Å². The largest absolute Gasteiger partial charge is 0.508 e. The van der Waals surface area contributed by atoms with Crippen LogP contribution in [0, 0.1) is 6.92 Å². The fraction of sp³-hybridized carbons (Fsp3) is 0.0833. The summed E-state index contributed by atoms with van der Waals surface area (Å²) in [6.07, 6.45) is 1.64. The molecule has 0 bridgehead atoms. The number of phenolic OH excluding ortho intramolecular Hbond substituents is 1. The zero-order chi connectivity index (χ0) is 10.8. The monoisotopic (exact) mass is 219 g/mol. The van der Waals surface area contributed by atoms with E-state index in [0.717, 1.165) is 16.8 Å². The zero-order valence-electron chi connectivity index (χ0n) is 8.24. The van der Waals surface area contributed by atoms with Gasteiger partial charge >= 0.3 is 0 Å². The minimum atomic E-state index is 0.254. The SMILES string of the molecule is Cc1cc(-c2ccc(O)cc2)ncc1Cl. The highest BCUT2D eigenvalue weighted by Gasteiger charge is 2.01. The van der Waals surface area contributed by atoms with Gasteiger partial charge in [-0.3, -0.25) is 4.98 Å². The molecule has 0 aliphatic heterocycles. The highest BCUT2D eigenvalue weighted by Crippen LogP contribution is 2.23. The molecule has 0 fully saturated rings. The van der Waals surface area contributed by atoms with Gasteiger partial charge in [0.15, 0.2) is 0 Å². The minimum absolute atomic E-state index is 0.254. The molecule has 15 heavy (non-hydrogen) atoms. The topological polar surface area (TPSA) is 33.1 Å². The Kier molecular flexibility index (Phi) is 2.60.